The molecule has 1 amide bonds. The first kappa shape index (κ1) is 14.4. The van der Waals surface area contributed by atoms with Crippen molar-refractivity contribution >= 4 is 34.8 Å². The number of halogens is 2. The first-order chi connectivity index (χ1) is 8.97. The lowest BCUT2D eigenvalue weighted by molar-refractivity contribution is 0.0868. The van der Waals surface area contributed by atoms with Crippen molar-refractivity contribution in [3.63, 3.8) is 0 Å². The lowest BCUT2D eigenvalue weighted by Crippen LogP contribution is -2.38. The van der Waals surface area contributed by atoms with Crippen LogP contribution >= 0.6 is 23.2 Å². The van der Waals surface area contributed by atoms with Crippen LogP contribution < -0.4 is 11.1 Å². The largest absolute Gasteiger partial charge is 0.399 e. The van der Waals surface area contributed by atoms with E-state index >= 15 is 0 Å². The Morgan fingerprint density at radius 3 is 2.53 bits per heavy atom. The van der Waals surface area contributed by atoms with E-state index in [1.54, 1.807) is 0 Å². The average molecular weight is 303 g/mol. The lowest BCUT2D eigenvalue weighted by atomic mass is 9.93. The molecule has 0 unspecified atom stereocenters. The molecule has 104 valence electrons. The molecular formula is C13H16Cl2N2O2. The number of nitrogens with one attached hydrogen (secondary N) is 1. The van der Waals surface area contributed by atoms with Gasteiger partial charge in [-0.25, -0.2) is 0 Å². The van der Waals surface area contributed by atoms with E-state index < -0.39 is 0 Å². The van der Waals surface area contributed by atoms with E-state index in [4.69, 9.17) is 28.9 Å². The summed E-state index contributed by atoms with van der Waals surface area (Å²) < 4.78 is 0. The maximum atomic E-state index is 12.1. The zero-order valence-corrected chi connectivity index (χ0v) is 11.8. The van der Waals surface area contributed by atoms with Gasteiger partial charge < -0.3 is 16.2 Å². The molecular weight excluding hydrogens is 287 g/mol. The summed E-state index contributed by atoms with van der Waals surface area (Å²) in [6.07, 6.45) is 2.69. The molecule has 19 heavy (non-hydrogen) atoms. The third kappa shape index (κ3) is 3.53. The molecule has 4 nitrogen and oxygen atoms in total. The molecule has 0 bridgehead atoms. The molecule has 1 aromatic rings. The number of aliphatic hydroxyl groups is 1. The third-order valence-corrected chi connectivity index (χ3v) is 4.13. The van der Waals surface area contributed by atoms with Crippen molar-refractivity contribution < 1.29 is 9.90 Å². The summed E-state index contributed by atoms with van der Waals surface area (Å²) in [4.78, 5) is 12.1. The second kappa shape index (κ2) is 5.99. The molecule has 1 aromatic carbocycles. The van der Waals surface area contributed by atoms with Gasteiger partial charge in [-0.1, -0.05) is 23.2 Å². The molecule has 0 radical (unpaired) electrons. The van der Waals surface area contributed by atoms with Crippen LogP contribution in [-0.4, -0.2) is 23.2 Å². The van der Waals surface area contributed by atoms with Gasteiger partial charge >= 0.3 is 0 Å². The minimum absolute atomic E-state index is 0.0622. The number of aliphatic hydroxyl groups excluding tert-OH is 1. The van der Waals surface area contributed by atoms with Crippen molar-refractivity contribution in [2.75, 3.05) is 5.73 Å². The van der Waals surface area contributed by atoms with E-state index in [9.17, 15) is 9.90 Å². The predicted octanol–water partition coefficient (Wildman–Crippen LogP) is 2.61. The number of hydrogen-bond acceptors (Lipinski definition) is 3. The van der Waals surface area contributed by atoms with Crippen molar-refractivity contribution in [3.05, 3.63) is 27.7 Å². The van der Waals surface area contributed by atoms with Gasteiger partial charge in [-0.3, -0.25) is 4.79 Å². The summed E-state index contributed by atoms with van der Waals surface area (Å²) in [5.41, 5.74) is 6.35. The molecule has 0 atom stereocenters. The predicted molar refractivity (Wildman–Crippen MR) is 76.6 cm³/mol. The van der Waals surface area contributed by atoms with Crippen molar-refractivity contribution in [2.24, 2.45) is 0 Å². The van der Waals surface area contributed by atoms with Crippen LogP contribution in [0.25, 0.3) is 0 Å². The van der Waals surface area contributed by atoms with E-state index in [0.717, 1.165) is 12.8 Å². The Morgan fingerprint density at radius 1 is 1.26 bits per heavy atom. The van der Waals surface area contributed by atoms with Crippen molar-refractivity contribution in [2.45, 2.75) is 37.8 Å². The van der Waals surface area contributed by atoms with Crippen LogP contribution in [0.4, 0.5) is 5.69 Å². The number of nitrogen functional groups attached to an aromatic ring is 1. The van der Waals surface area contributed by atoms with Crippen LogP contribution in [0, 0.1) is 0 Å². The monoisotopic (exact) mass is 302 g/mol. The van der Waals surface area contributed by atoms with Crippen LogP contribution in [0.3, 0.4) is 0 Å². The quantitative estimate of drug-likeness (QED) is 0.735. The van der Waals surface area contributed by atoms with Crippen molar-refractivity contribution in [1.82, 2.24) is 5.32 Å². The van der Waals surface area contributed by atoms with Crippen molar-refractivity contribution in [1.29, 1.82) is 0 Å². The highest BCUT2D eigenvalue weighted by molar-refractivity contribution is 6.44. The highest BCUT2D eigenvalue weighted by Crippen LogP contribution is 2.29. The molecule has 1 aliphatic carbocycles. The Morgan fingerprint density at radius 2 is 1.89 bits per heavy atom. The second-order valence-corrected chi connectivity index (χ2v) is 5.63. The normalized spacial score (nSPS) is 23.1. The van der Waals surface area contributed by atoms with Crippen LogP contribution in [-0.2, 0) is 0 Å². The number of benzene rings is 1. The molecule has 1 fully saturated rings. The van der Waals surface area contributed by atoms with E-state index in [2.05, 4.69) is 5.32 Å². The van der Waals surface area contributed by atoms with E-state index in [1.165, 1.54) is 12.1 Å². The van der Waals surface area contributed by atoms with Crippen molar-refractivity contribution in [3.8, 4) is 0 Å². The number of rotatable bonds is 2. The molecule has 0 heterocycles. The topological polar surface area (TPSA) is 75.4 Å². The second-order valence-electron chi connectivity index (χ2n) is 4.84. The number of hydrogen-bond donors (Lipinski definition) is 3. The van der Waals surface area contributed by atoms with Gasteiger partial charge in [0.05, 0.1) is 21.7 Å². The summed E-state index contributed by atoms with van der Waals surface area (Å²) in [5.74, 6) is -0.277. The number of carbonyl (C=O) groups is 1. The number of amides is 1. The molecule has 1 saturated carbocycles. The van der Waals surface area contributed by atoms with Gasteiger partial charge in [0.1, 0.15) is 0 Å². The van der Waals surface area contributed by atoms with Gasteiger partial charge in [-0.05, 0) is 37.8 Å². The van der Waals surface area contributed by atoms with Crippen LogP contribution in [0.1, 0.15) is 36.0 Å². The smallest absolute Gasteiger partial charge is 0.253 e. The summed E-state index contributed by atoms with van der Waals surface area (Å²) >= 11 is 11.9. The average Bonchev–Trinajstić information content (AvgIpc) is 2.36. The summed E-state index contributed by atoms with van der Waals surface area (Å²) in [5, 5.41) is 12.8. The lowest BCUT2D eigenvalue weighted by Gasteiger charge is -2.26. The highest BCUT2D eigenvalue weighted by Gasteiger charge is 2.22. The Bertz CT molecular complexity index is 486. The number of carbonyl (C=O) groups excluding carboxylic acids is 1. The first-order valence-corrected chi connectivity index (χ1v) is 6.96. The van der Waals surface area contributed by atoms with Gasteiger partial charge in [-0.15, -0.1) is 0 Å². The number of anilines is 1. The van der Waals surface area contributed by atoms with Gasteiger partial charge in [0, 0.05) is 11.7 Å². The fraction of sp³-hybridized carbons (Fsp3) is 0.462. The minimum atomic E-state index is -0.277. The standard InChI is InChI=1S/C13H16Cl2N2O2/c14-11-6-7(16)5-10(12(11)15)13(19)17-8-1-3-9(18)4-2-8/h5-6,8-9,18H,1-4,16H2,(H,17,19). The van der Waals surface area contributed by atoms with E-state index in [-0.39, 0.29) is 33.7 Å². The van der Waals surface area contributed by atoms with Crippen LogP contribution in [0.2, 0.25) is 10.0 Å². The van der Waals surface area contributed by atoms with Gasteiger partial charge in [0.15, 0.2) is 0 Å². The minimum Gasteiger partial charge on any atom is -0.399 e. The zero-order valence-electron chi connectivity index (χ0n) is 10.3. The zero-order chi connectivity index (χ0) is 14.0. The Balaban J connectivity index is 2.08. The molecule has 0 aliphatic heterocycles. The third-order valence-electron chi connectivity index (χ3n) is 3.33. The molecule has 2 rings (SSSR count). The molecule has 0 saturated heterocycles. The SMILES string of the molecule is Nc1cc(Cl)c(Cl)c(C(=O)NC2CCC(O)CC2)c1. The van der Waals surface area contributed by atoms with Gasteiger partial charge in [0.25, 0.3) is 5.91 Å². The van der Waals surface area contributed by atoms with Gasteiger partial charge in [0.2, 0.25) is 0 Å². The molecule has 6 heteroatoms. The first-order valence-electron chi connectivity index (χ1n) is 6.21. The highest BCUT2D eigenvalue weighted by atomic mass is 35.5. The summed E-state index contributed by atoms with van der Waals surface area (Å²) in [7, 11) is 0. The Hall–Kier alpha value is -0.970. The van der Waals surface area contributed by atoms with Crippen LogP contribution in [0.15, 0.2) is 12.1 Å². The van der Waals surface area contributed by atoms with Crippen LogP contribution in [0.5, 0.6) is 0 Å². The summed E-state index contributed by atoms with van der Waals surface area (Å²) in [6, 6.07) is 3.09. The molecule has 1 aliphatic rings. The molecule has 0 spiro atoms. The fourth-order valence-corrected chi connectivity index (χ4v) is 2.68. The maximum Gasteiger partial charge on any atom is 0.253 e. The Labute approximate surface area is 121 Å². The summed E-state index contributed by atoms with van der Waals surface area (Å²) in [6.45, 7) is 0. The van der Waals surface area contributed by atoms with E-state index in [0.29, 0.717) is 18.5 Å². The van der Waals surface area contributed by atoms with Gasteiger partial charge in [-0.2, -0.15) is 0 Å². The molecule has 4 N–H and O–H groups in total. The Kier molecular flexibility index (Phi) is 4.55. The molecule has 0 aromatic heterocycles. The van der Waals surface area contributed by atoms with E-state index in [1.807, 2.05) is 0 Å². The maximum absolute atomic E-state index is 12.1. The number of nitrogens with two attached hydrogens (primary N) is 1. The fourth-order valence-electron chi connectivity index (χ4n) is 2.26.